The summed E-state index contributed by atoms with van der Waals surface area (Å²) in [6.45, 7) is 4.10. The van der Waals surface area contributed by atoms with Gasteiger partial charge in [0.2, 0.25) is 0 Å². The van der Waals surface area contributed by atoms with Crippen LogP contribution >= 0.6 is 0 Å². The average molecular weight is 329 g/mol. The van der Waals surface area contributed by atoms with E-state index in [1.54, 1.807) is 18.5 Å². The molecule has 1 fully saturated rings. The molecule has 1 aromatic carbocycles. The molecule has 0 spiro atoms. The van der Waals surface area contributed by atoms with Crippen LogP contribution in [0.2, 0.25) is 0 Å². The minimum absolute atomic E-state index is 0.180. The smallest absolute Gasteiger partial charge is 0.146 e. The van der Waals surface area contributed by atoms with Crippen LogP contribution in [0.5, 0.6) is 0 Å². The number of pyridine rings is 1. The lowest BCUT2D eigenvalue weighted by Crippen LogP contribution is -2.36. The third-order valence-electron chi connectivity index (χ3n) is 4.64. The minimum atomic E-state index is -0.248. The first-order chi connectivity index (χ1) is 11.6. The molecule has 0 saturated carbocycles. The highest BCUT2D eigenvalue weighted by Crippen LogP contribution is 2.24. The largest absolute Gasteiger partial charge is 0.393 e. The Morgan fingerprint density at radius 1 is 1.25 bits per heavy atom. The number of rotatable bonds is 5. The summed E-state index contributed by atoms with van der Waals surface area (Å²) in [5, 5.41) is 13.0. The molecule has 5 heteroatoms. The second kappa shape index (κ2) is 7.73. The van der Waals surface area contributed by atoms with E-state index in [9.17, 15) is 9.50 Å². The molecule has 24 heavy (non-hydrogen) atoms. The van der Waals surface area contributed by atoms with Gasteiger partial charge in [-0.1, -0.05) is 6.07 Å². The summed E-state index contributed by atoms with van der Waals surface area (Å²) < 4.78 is 14.4. The summed E-state index contributed by atoms with van der Waals surface area (Å²) in [6, 6.07) is 9.56. The molecule has 2 aromatic rings. The van der Waals surface area contributed by atoms with Gasteiger partial charge < -0.3 is 15.3 Å². The highest BCUT2D eigenvalue weighted by molar-refractivity contribution is 5.49. The Labute approximate surface area is 142 Å². The maximum absolute atomic E-state index is 14.4. The van der Waals surface area contributed by atoms with E-state index >= 15 is 0 Å². The highest BCUT2D eigenvalue weighted by atomic mass is 19.1. The lowest BCUT2D eigenvalue weighted by atomic mass is 10.1. The fraction of sp³-hybridized carbons (Fsp3) is 0.421. The van der Waals surface area contributed by atoms with Gasteiger partial charge in [0.05, 0.1) is 11.8 Å². The number of benzene rings is 1. The van der Waals surface area contributed by atoms with Crippen molar-refractivity contribution in [1.29, 1.82) is 0 Å². The van der Waals surface area contributed by atoms with E-state index < -0.39 is 0 Å². The summed E-state index contributed by atoms with van der Waals surface area (Å²) in [5.74, 6) is -0.192. The molecule has 0 aliphatic carbocycles. The summed E-state index contributed by atoms with van der Waals surface area (Å²) in [7, 11) is 0. The fourth-order valence-corrected chi connectivity index (χ4v) is 3.06. The van der Waals surface area contributed by atoms with Crippen LogP contribution in [-0.2, 0) is 6.54 Å². The van der Waals surface area contributed by atoms with Crippen LogP contribution in [0.1, 0.15) is 36.9 Å². The fourth-order valence-electron chi connectivity index (χ4n) is 3.06. The number of hydrogen-bond donors (Lipinski definition) is 2. The molecule has 4 nitrogen and oxygen atoms in total. The van der Waals surface area contributed by atoms with Crippen molar-refractivity contribution in [2.75, 3.05) is 18.0 Å². The van der Waals surface area contributed by atoms with E-state index in [-0.39, 0.29) is 18.0 Å². The van der Waals surface area contributed by atoms with Crippen molar-refractivity contribution in [2.24, 2.45) is 0 Å². The Morgan fingerprint density at radius 3 is 2.62 bits per heavy atom. The molecular formula is C19H24FN3O. The Balaban J connectivity index is 1.60. The molecule has 1 saturated heterocycles. The maximum atomic E-state index is 14.4. The number of halogens is 1. The summed E-state index contributed by atoms with van der Waals surface area (Å²) in [6.07, 6.45) is 4.70. The van der Waals surface area contributed by atoms with Gasteiger partial charge in [0.15, 0.2) is 0 Å². The quantitative estimate of drug-likeness (QED) is 0.885. The third kappa shape index (κ3) is 4.10. The van der Waals surface area contributed by atoms with Crippen LogP contribution in [-0.4, -0.2) is 29.3 Å². The van der Waals surface area contributed by atoms with Gasteiger partial charge in [-0.3, -0.25) is 4.98 Å². The van der Waals surface area contributed by atoms with E-state index in [4.69, 9.17) is 0 Å². The van der Waals surface area contributed by atoms with Crippen molar-refractivity contribution < 1.29 is 9.50 Å². The lowest BCUT2D eigenvalue weighted by molar-refractivity contribution is 0.145. The predicted molar refractivity (Wildman–Crippen MR) is 93.3 cm³/mol. The molecule has 0 bridgehead atoms. The molecule has 0 amide bonds. The van der Waals surface area contributed by atoms with Gasteiger partial charge in [-0.15, -0.1) is 0 Å². The molecule has 1 unspecified atom stereocenters. The molecule has 1 aliphatic heterocycles. The van der Waals surface area contributed by atoms with E-state index in [0.29, 0.717) is 38.2 Å². The van der Waals surface area contributed by atoms with Crippen LogP contribution in [0.25, 0.3) is 0 Å². The van der Waals surface area contributed by atoms with Crippen LogP contribution < -0.4 is 10.2 Å². The molecule has 0 radical (unpaired) electrons. The van der Waals surface area contributed by atoms with Gasteiger partial charge in [-0.05, 0) is 55.2 Å². The SMILES string of the molecule is CC(NCc1ccc(N2CCC(O)CC2)c(F)c1)c1ccncc1. The van der Waals surface area contributed by atoms with Crippen LogP contribution in [0.4, 0.5) is 10.1 Å². The minimum Gasteiger partial charge on any atom is -0.393 e. The van der Waals surface area contributed by atoms with Gasteiger partial charge in [0.25, 0.3) is 0 Å². The van der Waals surface area contributed by atoms with Crippen LogP contribution in [0.3, 0.4) is 0 Å². The summed E-state index contributed by atoms with van der Waals surface area (Å²) in [4.78, 5) is 6.03. The first-order valence-electron chi connectivity index (χ1n) is 8.48. The number of aliphatic hydroxyl groups excluding tert-OH is 1. The predicted octanol–water partition coefficient (Wildman–Crippen LogP) is 3.03. The number of hydrogen-bond acceptors (Lipinski definition) is 4. The second-order valence-corrected chi connectivity index (χ2v) is 6.39. The Morgan fingerprint density at radius 2 is 1.96 bits per heavy atom. The van der Waals surface area contributed by atoms with Gasteiger partial charge >= 0.3 is 0 Å². The molecular weight excluding hydrogens is 305 g/mol. The molecule has 1 aromatic heterocycles. The normalized spacial score (nSPS) is 17.0. The average Bonchev–Trinajstić information content (AvgIpc) is 2.61. The highest BCUT2D eigenvalue weighted by Gasteiger charge is 2.19. The third-order valence-corrected chi connectivity index (χ3v) is 4.64. The van der Waals surface area contributed by atoms with Crippen molar-refractivity contribution in [2.45, 2.75) is 38.5 Å². The molecule has 1 atom stereocenters. The molecule has 1 aliphatic rings. The first kappa shape index (κ1) is 16.9. The zero-order valence-electron chi connectivity index (χ0n) is 14.0. The molecule has 2 heterocycles. The van der Waals surface area contributed by atoms with E-state index in [1.807, 2.05) is 29.2 Å². The zero-order chi connectivity index (χ0) is 16.9. The number of piperidine rings is 1. The maximum Gasteiger partial charge on any atom is 0.146 e. The lowest BCUT2D eigenvalue weighted by Gasteiger charge is -2.31. The van der Waals surface area contributed by atoms with Gasteiger partial charge in [-0.25, -0.2) is 4.39 Å². The van der Waals surface area contributed by atoms with Crippen molar-refractivity contribution in [3.05, 3.63) is 59.7 Å². The molecule has 128 valence electrons. The monoisotopic (exact) mass is 329 g/mol. The Kier molecular flexibility index (Phi) is 5.43. The van der Waals surface area contributed by atoms with Crippen molar-refractivity contribution >= 4 is 5.69 Å². The van der Waals surface area contributed by atoms with E-state index in [2.05, 4.69) is 17.2 Å². The van der Waals surface area contributed by atoms with Crippen LogP contribution in [0, 0.1) is 5.82 Å². The second-order valence-electron chi connectivity index (χ2n) is 6.39. The van der Waals surface area contributed by atoms with Gasteiger partial charge in [-0.2, -0.15) is 0 Å². The van der Waals surface area contributed by atoms with Crippen LogP contribution in [0.15, 0.2) is 42.7 Å². The summed E-state index contributed by atoms with van der Waals surface area (Å²) >= 11 is 0. The molecule has 2 N–H and O–H groups in total. The zero-order valence-corrected chi connectivity index (χ0v) is 14.0. The van der Waals surface area contributed by atoms with Gasteiger partial charge in [0.1, 0.15) is 5.82 Å². The number of aromatic nitrogens is 1. The van der Waals surface area contributed by atoms with E-state index in [1.165, 1.54) is 0 Å². The number of aliphatic hydroxyl groups is 1. The number of nitrogens with one attached hydrogen (secondary N) is 1. The van der Waals surface area contributed by atoms with Crippen molar-refractivity contribution in [1.82, 2.24) is 10.3 Å². The molecule has 3 rings (SSSR count). The van der Waals surface area contributed by atoms with E-state index in [0.717, 1.165) is 11.1 Å². The Hall–Kier alpha value is -1.98. The topological polar surface area (TPSA) is 48.4 Å². The van der Waals surface area contributed by atoms with Gasteiger partial charge in [0, 0.05) is 38.1 Å². The van der Waals surface area contributed by atoms with Crippen molar-refractivity contribution in [3.63, 3.8) is 0 Å². The van der Waals surface area contributed by atoms with Crippen molar-refractivity contribution in [3.8, 4) is 0 Å². The first-order valence-corrected chi connectivity index (χ1v) is 8.48. The summed E-state index contributed by atoms with van der Waals surface area (Å²) in [5.41, 5.74) is 2.72. The Bertz CT molecular complexity index is 657. The number of nitrogens with zero attached hydrogens (tertiary/aromatic N) is 2. The number of anilines is 1. The standard InChI is InChI=1S/C19H24FN3O/c1-14(16-4-8-21-9-5-16)22-13-15-2-3-19(18(20)12-15)23-10-6-17(24)7-11-23/h2-5,8-9,12,14,17,22,24H,6-7,10-11,13H2,1H3.